The number of hydrogen-bond acceptors (Lipinski definition) is 3. The number of ether oxygens (including phenoxy) is 1. The fourth-order valence-corrected chi connectivity index (χ4v) is 6.46. The molecule has 0 atom stereocenters. The SMILES string of the molecule is CC(C)(C)c1ccnc(-n2c3[c-]c(Oc4[c-]c(-c5cn(-c6ccccc6)c6n[n+](-c7ccccc7)[c-]n56)ccc4)ccc3c3ccccc32)c1.[Pt]. The minimum Gasteiger partial charge on any atom is -0.503 e. The van der Waals surface area contributed by atoms with Crippen LogP contribution in [0.1, 0.15) is 26.3 Å². The molecule has 8 heteroatoms. The molecule has 4 aromatic heterocycles. The van der Waals surface area contributed by atoms with Crippen molar-refractivity contribution >= 4 is 27.6 Å². The van der Waals surface area contributed by atoms with Crippen molar-refractivity contribution < 1.29 is 30.5 Å². The van der Waals surface area contributed by atoms with Crippen LogP contribution in [-0.4, -0.2) is 23.6 Å². The van der Waals surface area contributed by atoms with Crippen LogP contribution in [0.2, 0.25) is 0 Å². The number of nitrogens with zero attached hydrogens (tertiary/aromatic N) is 6. The molecule has 0 aliphatic heterocycles. The number of aromatic nitrogens is 6. The molecule has 252 valence electrons. The van der Waals surface area contributed by atoms with Gasteiger partial charge in [-0.3, -0.25) is 4.40 Å². The Kier molecular flexibility index (Phi) is 8.16. The monoisotopic (exact) mass is 843 g/mol. The van der Waals surface area contributed by atoms with Gasteiger partial charge >= 0.3 is 0 Å². The van der Waals surface area contributed by atoms with Crippen LogP contribution in [0.3, 0.4) is 0 Å². The van der Waals surface area contributed by atoms with Crippen molar-refractivity contribution in [2.45, 2.75) is 26.2 Å². The van der Waals surface area contributed by atoms with Crippen LogP contribution < -0.4 is 9.42 Å². The predicted molar refractivity (Wildman–Crippen MR) is 195 cm³/mol. The Labute approximate surface area is 310 Å². The van der Waals surface area contributed by atoms with Gasteiger partial charge in [0.2, 0.25) is 0 Å². The second-order valence-electron chi connectivity index (χ2n) is 13.3. The third-order valence-corrected chi connectivity index (χ3v) is 8.99. The van der Waals surface area contributed by atoms with Crippen molar-refractivity contribution in [2.24, 2.45) is 0 Å². The Morgan fingerprint density at radius 1 is 0.725 bits per heavy atom. The zero-order chi connectivity index (χ0) is 33.8. The first-order valence-corrected chi connectivity index (χ1v) is 16.6. The maximum Gasteiger partial charge on any atom is 0.275 e. The molecule has 0 N–H and O–H groups in total. The summed E-state index contributed by atoms with van der Waals surface area (Å²) in [5, 5.41) is 7.14. The Balaban J connectivity index is 0.00000374. The van der Waals surface area contributed by atoms with Crippen molar-refractivity contribution in [1.82, 2.24) is 23.6 Å². The van der Waals surface area contributed by atoms with Gasteiger partial charge in [-0.2, -0.15) is 10.7 Å². The molecule has 9 aromatic rings. The van der Waals surface area contributed by atoms with Gasteiger partial charge in [-0.15, -0.1) is 41.3 Å². The first kappa shape index (κ1) is 32.4. The topological polar surface area (TPSA) is 53.2 Å². The van der Waals surface area contributed by atoms with E-state index in [2.05, 4.69) is 109 Å². The van der Waals surface area contributed by atoms with Crippen LogP contribution in [0.4, 0.5) is 0 Å². The maximum atomic E-state index is 6.50. The number of para-hydroxylation sites is 3. The summed E-state index contributed by atoms with van der Waals surface area (Å²) < 4.78 is 14.5. The molecule has 0 bridgehead atoms. The molecule has 0 radical (unpaired) electrons. The summed E-state index contributed by atoms with van der Waals surface area (Å²) in [7, 11) is 0. The van der Waals surface area contributed by atoms with Crippen LogP contribution in [0.5, 0.6) is 11.5 Å². The average molecular weight is 844 g/mol. The Hall–Kier alpha value is -5.78. The van der Waals surface area contributed by atoms with Crippen LogP contribution >= 0.6 is 0 Å². The van der Waals surface area contributed by atoms with Crippen molar-refractivity contribution in [3.8, 4) is 39.9 Å². The normalized spacial score (nSPS) is 11.7. The van der Waals surface area contributed by atoms with E-state index >= 15 is 0 Å². The molecular formula is C43H32N6OPt-2. The summed E-state index contributed by atoms with van der Waals surface area (Å²) in [6.07, 6.45) is 7.38. The van der Waals surface area contributed by atoms with Gasteiger partial charge in [0, 0.05) is 56.2 Å². The first-order valence-electron chi connectivity index (χ1n) is 16.6. The van der Waals surface area contributed by atoms with Crippen LogP contribution in [-0.2, 0) is 26.5 Å². The fraction of sp³-hybridized carbons (Fsp3) is 0.0930. The molecule has 9 rings (SSSR count). The summed E-state index contributed by atoms with van der Waals surface area (Å²) in [5.74, 6) is 2.74. The van der Waals surface area contributed by atoms with Crippen molar-refractivity contribution in [3.05, 3.63) is 164 Å². The van der Waals surface area contributed by atoms with E-state index in [-0.39, 0.29) is 26.5 Å². The van der Waals surface area contributed by atoms with Crippen molar-refractivity contribution in [2.75, 3.05) is 0 Å². The number of fused-ring (bicyclic) bond motifs is 4. The van der Waals surface area contributed by atoms with Gasteiger partial charge in [-0.05, 0) is 46.7 Å². The second kappa shape index (κ2) is 12.8. The minimum absolute atomic E-state index is 0. The molecule has 0 fully saturated rings. The number of imidazole rings is 1. The quantitative estimate of drug-likeness (QED) is 0.124. The van der Waals surface area contributed by atoms with Crippen molar-refractivity contribution in [1.29, 1.82) is 0 Å². The molecule has 5 aromatic carbocycles. The number of rotatable bonds is 6. The largest absolute Gasteiger partial charge is 0.503 e. The summed E-state index contributed by atoms with van der Waals surface area (Å²) in [6, 6.07) is 49.9. The Morgan fingerprint density at radius 3 is 2.27 bits per heavy atom. The molecule has 0 aliphatic rings. The first-order chi connectivity index (χ1) is 24.4. The van der Waals surface area contributed by atoms with E-state index < -0.39 is 0 Å². The van der Waals surface area contributed by atoms with Crippen LogP contribution in [0.25, 0.3) is 56.0 Å². The van der Waals surface area contributed by atoms with Crippen LogP contribution in [0.15, 0.2) is 140 Å². The average Bonchev–Trinajstić information content (AvgIpc) is 3.83. The molecule has 7 nitrogen and oxygen atoms in total. The molecule has 0 saturated heterocycles. The van der Waals surface area contributed by atoms with E-state index in [1.54, 1.807) is 4.68 Å². The standard InChI is InChI=1S/C43H32N6O.Pt/c1-43(2,3)31-23-24-44-41(26-31)49-38-20-11-10-19-36(38)37-22-21-35(27-39(37)49)50-34-18-12-13-30(25-34)40-28-46(32-14-6-4-7-15-32)42-45-48(29-47(40)42)33-16-8-5-9-17-33;/h4-24,26,28H,1-3H3;/q-2;. The molecule has 4 heterocycles. The maximum absolute atomic E-state index is 6.50. The second-order valence-corrected chi connectivity index (χ2v) is 13.3. The predicted octanol–water partition coefficient (Wildman–Crippen LogP) is 9.05. The third-order valence-electron chi connectivity index (χ3n) is 8.99. The van der Waals surface area contributed by atoms with Gasteiger partial charge < -0.3 is 13.9 Å². The number of hydrogen-bond donors (Lipinski definition) is 0. The Morgan fingerprint density at radius 2 is 1.47 bits per heavy atom. The van der Waals surface area contributed by atoms with Gasteiger partial charge in [0.25, 0.3) is 12.1 Å². The minimum atomic E-state index is -0.0147. The van der Waals surface area contributed by atoms with Gasteiger partial charge in [0.15, 0.2) is 0 Å². The van der Waals surface area contributed by atoms with Gasteiger partial charge in [0.1, 0.15) is 5.82 Å². The summed E-state index contributed by atoms with van der Waals surface area (Å²) >= 11 is 0. The molecule has 51 heavy (non-hydrogen) atoms. The summed E-state index contributed by atoms with van der Waals surface area (Å²) in [5.41, 5.74) is 6.81. The zero-order valence-corrected chi connectivity index (χ0v) is 30.5. The van der Waals surface area contributed by atoms with E-state index in [1.165, 1.54) is 5.56 Å². The summed E-state index contributed by atoms with van der Waals surface area (Å²) in [6.45, 7) is 6.65. The molecule has 0 aliphatic carbocycles. The van der Waals surface area contributed by atoms with Gasteiger partial charge in [-0.25, -0.2) is 4.98 Å². The van der Waals surface area contributed by atoms with E-state index in [0.717, 1.165) is 56.0 Å². The number of benzene rings is 5. The summed E-state index contributed by atoms with van der Waals surface area (Å²) in [4.78, 5) is 4.81. The Bertz CT molecular complexity index is 2670. The smallest absolute Gasteiger partial charge is 0.275 e. The van der Waals surface area contributed by atoms with Crippen molar-refractivity contribution in [3.63, 3.8) is 0 Å². The van der Waals surface area contributed by atoms with Gasteiger partial charge in [0.05, 0.1) is 11.4 Å². The molecule has 0 amide bonds. The zero-order valence-electron chi connectivity index (χ0n) is 28.2. The fourth-order valence-electron chi connectivity index (χ4n) is 6.46. The van der Waals surface area contributed by atoms with Crippen LogP contribution in [0, 0.1) is 18.5 Å². The molecule has 0 spiro atoms. The third kappa shape index (κ3) is 5.84. The van der Waals surface area contributed by atoms with E-state index in [1.807, 2.05) is 83.4 Å². The molecular weight excluding hydrogens is 812 g/mol. The van der Waals surface area contributed by atoms with Gasteiger partial charge in [-0.1, -0.05) is 104 Å². The molecule has 0 unspecified atom stereocenters. The van der Waals surface area contributed by atoms with E-state index in [4.69, 9.17) is 14.8 Å². The number of pyridine rings is 1. The van der Waals surface area contributed by atoms with E-state index in [9.17, 15) is 0 Å². The molecule has 0 saturated carbocycles. The van der Waals surface area contributed by atoms with E-state index in [0.29, 0.717) is 11.5 Å².